The summed E-state index contributed by atoms with van der Waals surface area (Å²) in [5.41, 5.74) is 9.14. The van der Waals surface area contributed by atoms with E-state index in [0.29, 0.717) is 15.5 Å². The van der Waals surface area contributed by atoms with E-state index >= 15 is 0 Å². The lowest BCUT2D eigenvalue weighted by Gasteiger charge is -2.13. The van der Waals surface area contributed by atoms with Gasteiger partial charge >= 0.3 is 0 Å². The van der Waals surface area contributed by atoms with E-state index in [2.05, 4.69) is 15.4 Å². The first kappa shape index (κ1) is 17.5. The van der Waals surface area contributed by atoms with E-state index in [0.717, 1.165) is 16.7 Å². The van der Waals surface area contributed by atoms with E-state index in [1.165, 1.54) is 11.3 Å². The Hall–Kier alpha value is -2.90. The van der Waals surface area contributed by atoms with E-state index in [4.69, 9.17) is 17.3 Å². The smallest absolute Gasteiger partial charge is 0.261 e. The van der Waals surface area contributed by atoms with Crippen molar-refractivity contribution in [1.29, 1.82) is 0 Å². The molecule has 0 radical (unpaired) electrons. The number of carbonyl (C=O) groups excluding carboxylic acids is 1. The van der Waals surface area contributed by atoms with Crippen LogP contribution in [0.25, 0.3) is 16.8 Å². The van der Waals surface area contributed by atoms with Gasteiger partial charge in [-0.2, -0.15) is 4.98 Å². The van der Waals surface area contributed by atoms with Gasteiger partial charge in [-0.3, -0.25) is 4.79 Å². The molecule has 1 aromatic carbocycles. The second-order valence-corrected chi connectivity index (χ2v) is 7.49. The van der Waals surface area contributed by atoms with Crippen LogP contribution in [0.15, 0.2) is 54.0 Å². The lowest BCUT2D eigenvalue weighted by Crippen LogP contribution is -2.25. The molecule has 0 bridgehead atoms. The number of aromatic nitrogens is 3. The lowest BCUT2D eigenvalue weighted by atomic mass is 10.1. The monoisotopic (exact) mass is 397 g/mol. The molecule has 3 aromatic heterocycles. The predicted molar refractivity (Wildman–Crippen MR) is 108 cm³/mol. The Balaban J connectivity index is 1.53. The summed E-state index contributed by atoms with van der Waals surface area (Å²) in [6.07, 6.45) is 1.84. The molecule has 0 aliphatic carbocycles. The Labute approximate surface area is 164 Å². The van der Waals surface area contributed by atoms with E-state index in [1.807, 2.05) is 61.0 Å². The second kappa shape index (κ2) is 7.02. The topological polar surface area (TPSA) is 85.3 Å². The van der Waals surface area contributed by atoms with Crippen molar-refractivity contribution in [2.75, 3.05) is 5.73 Å². The fraction of sp³-hybridized carbons (Fsp3) is 0.105. The number of amides is 1. The van der Waals surface area contributed by atoms with Crippen LogP contribution < -0.4 is 11.1 Å². The van der Waals surface area contributed by atoms with E-state index in [9.17, 15) is 4.79 Å². The fourth-order valence-corrected chi connectivity index (χ4v) is 3.82. The predicted octanol–water partition coefficient (Wildman–Crippen LogP) is 4.18. The van der Waals surface area contributed by atoms with Gasteiger partial charge in [0.25, 0.3) is 5.91 Å². The van der Waals surface area contributed by atoms with Crippen molar-refractivity contribution < 1.29 is 4.79 Å². The number of hydrogen-bond donors (Lipinski definition) is 2. The molecule has 1 atom stereocenters. The van der Waals surface area contributed by atoms with Gasteiger partial charge in [-0.25, -0.2) is 4.52 Å². The number of nitrogens with two attached hydrogens (primary N) is 1. The first-order valence-electron chi connectivity index (χ1n) is 8.27. The summed E-state index contributed by atoms with van der Waals surface area (Å²) in [6, 6.07) is 13.0. The number of nitrogen functional groups attached to an aromatic ring is 1. The Morgan fingerprint density at radius 3 is 2.93 bits per heavy atom. The molecule has 0 unspecified atom stereocenters. The molecule has 4 rings (SSSR count). The number of rotatable bonds is 4. The third-order valence-electron chi connectivity index (χ3n) is 4.20. The Morgan fingerprint density at radius 2 is 2.11 bits per heavy atom. The van der Waals surface area contributed by atoms with Crippen LogP contribution in [0.5, 0.6) is 0 Å². The van der Waals surface area contributed by atoms with Crippen LogP contribution in [0.1, 0.15) is 28.2 Å². The maximum atomic E-state index is 12.6. The number of hydrogen-bond acceptors (Lipinski definition) is 5. The van der Waals surface area contributed by atoms with Crippen LogP contribution in [0.3, 0.4) is 0 Å². The molecule has 8 heteroatoms. The molecule has 0 spiro atoms. The third-order valence-corrected chi connectivity index (χ3v) is 5.36. The summed E-state index contributed by atoms with van der Waals surface area (Å²) in [7, 11) is 0. The highest BCUT2D eigenvalue weighted by molar-refractivity contribution is 7.12. The molecule has 1 amide bonds. The standard InChI is InChI=1S/C19H16ClN5OS/c1-11(12-3-2-4-15(20)7-12)22-18(26)16-8-14(10-27-16)13-5-6-17-23-19(21)24-25(17)9-13/h2-11H,1H3,(H2,21,24)(H,22,26)/t11-/m0/s1. The lowest BCUT2D eigenvalue weighted by molar-refractivity contribution is 0.0944. The van der Waals surface area contributed by atoms with Crippen LogP contribution in [-0.2, 0) is 0 Å². The summed E-state index contributed by atoms with van der Waals surface area (Å²) in [4.78, 5) is 17.3. The van der Waals surface area contributed by atoms with Gasteiger partial charge in [0.2, 0.25) is 5.95 Å². The molecule has 0 saturated heterocycles. The van der Waals surface area contributed by atoms with Crippen LogP contribution >= 0.6 is 22.9 Å². The van der Waals surface area contributed by atoms with Crippen molar-refractivity contribution in [3.05, 3.63) is 69.5 Å². The van der Waals surface area contributed by atoms with Crippen molar-refractivity contribution in [3.63, 3.8) is 0 Å². The van der Waals surface area contributed by atoms with Crippen LogP contribution in [0, 0.1) is 0 Å². The summed E-state index contributed by atoms with van der Waals surface area (Å²) < 4.78 is 1.63. The number of nitrogens with one attached hydrogen (secondary N) is 1. The number of nitrogens with zero attached hydrogens (tertiary/aromatic N) is 3. The maximum Gasteiger partial charge on any atom is 0.261 e. The van der Waals surface area contributed by atoms with Crippen molar-refractivity contribution in [1.82, 2.24) is 19.9 Å². The normalized spacial score (nSPS) is 12.2. The van der Waals surface area contributed by atoms with Crippen LogP contribution in [0.4, 0.5) is 5.95 Å². The number of anilines is 1. The van der Waals surface area contributed by atoms with Gasteiger partial charge in [0.15, 0.2) is 5.65 Å². The highest BCUT2D eigenvalue weighted by Crippen LogP contribution is 2.27. The summed E-state index contributed by atoms with van der Waals surface area (Å²) in [5.74, 6) is 0.109. The van der Waals surface area contributed by atoms with E-state index in [1.54, 1.807) is 4.52 Å². The van der Waals surface area contributed by atoms with Gasteiger partial charge < -0.3 is 11.1 Å². The van der Waals surface area contributed by atoms with Crippen LogP contribution in [-0.4, -0.2) is 20.5 Å². The van der Waals surface area contributed by atoms with Gasteiger partial charge in [-0.1, -0.05) is 23.7 Å². The molecule has 0 saturated carbocycles. The van der Waals surface area contributed by atoms with Gasteiger partial charge in [-0.05, 0) is 53.8 Å². The molecule has 3 heterocycles. The zero-order valence-corrected chi connectivity index (χ0v) is 16.0. The first-order chi connectivity index (χ1) is 13.0. The van der Waals surface area contributed by atoms with Gasteiger partial charge in [-0.15, -0.1) is 16.4 Å². The number of fused-ring (bicyclic) bond motifs is 1. The molecule has 4 aromatic rings. The molecular weight excluding hydrogens is 382 g/mol. The van der Waals surface area contributed by atoms with Gasteiger partial charge in [0.1, 0.15) is 0 Å². The third kappa shape index (κ3) is 3.65. The maximum absolute atomic E-state index is 12.6. The first-order valence-corrected chi connectivity index (χ1v) is 9.52. The highest BCUT2D eigenvalue weighted by atomic mass is 35.5. The minimum absolute atomic E-state index is 0.121. The van der Waals surface area contributed by atoms with Crippen molar-refractivity contribution in [3.8, 4) is 11.1 Å². The van der Waals surface area contributed by atoms with Gasteiger partial charge in [0, 0.05) is 16.8 Å². The number of thiophene rings is 1. The van der Waals surface area contributed by atoms with E-state index < -0.39 is 0 Å². The molecule has 3 N–H and O–H groups in total. The van der Waals surface area contributed by atoms with Crippen molar-refractivity contribution >= 4 is 40.4 Å². The molecule has 0 fully saturated rings. The summed E-state index contributed by atoms with van der Waals surface area (Å²) >= 11 is 7.42. The number of pyridine rings is 1. The zero-order valence-electron chi connectivity index (χ0n) is 14.4. The average Bonchev–Trinajstić information content (AvgIpc) is 3.26. The Morgan fingerprint density at radius 1 is 1.26 bits per heavy atom. The molecule has 0 aliphatic rings. The molecule has 6 nitrogen and oxygen atoms in total. The number of benzene rings is 1. The Bertz CT molecular complexity index is 1140. The SMILES string of the molecule is C[C@H](NC(=O)c1cc(-c2ccc3nc(N)nn3c2)cs1)c1cccc(Cl)c1. The Kier molecular flexibility index (Phi) is 4.55. The summed E-state index contributed by atoms with van der Waals surface area (Å²) in [6.45, 7) is 1.93. The molecule has 0 aliphatic heterocycles. The minimum Gasteiger partial charge on any atom is -0.366 e. The second-order valence-electron chi connectivity index (χ2n) is 6.14. The summed E-state index contributed by atoms with van der Waals surface area (Å²) in [5, 5.41) is 9.72. The van der Waals surface area contributed by atoms with E-state index in [-0.39, 0.29) is 17.9 Å². The van der Waals surface area contributed by atoms with Gasteiger partial charge in [0.05, 0.1) is 10.9 Å². The average molecular weight is 398 g/mol. The molecule has 136 valence electrons. The van der Waals surface area contributed by atoms with Crippen molar-refractivity contribution in [2.45, 2.75) is 13.0 Å². The quantitative estimate of drug-likeness (QED) is 0.540. The number of carbonyl (C=O) groups is 1. The largest absolute Gasteiger partial charge is 0.366 e. The highest BCUT2D eigenvalue weighted by Gasteiger charge is 2.15. The number of halogens is 1. The zero-order chi connectivity index (χ0) is 19.0. The van der Waals surface area contributed by atoms with Crippen molar-refractivity contribution in [2.24, 2.45) is 0 Å². The molecule has 27 heavy (non-hydrogen) atoms. The fourth-order valence-electron chi connectivity index (χ4n) is 2.80. The van der Waals surface area contributed by atoms with Crippen LogP contribution in [0.2, 0.25) is 5.02 Å². The minimum atomic E-state index is -0.142. The molecular formula is C19H16ClN5OS.